The third kappa shape index (κ3) is 4.73. The second-order valence-electron chi connectivity index (χ2n) is 6.37. The maximum absolute atomic E-state index is 13.6. The molecule has 1 aromatic rings. The van der Waals surface area contributed by atoms with Gasteiger partial charge in [0.2, 0.25) is 15.9 Å². The fourth-order valence-corrected chi connectivity index (χ4v) is 3.64. The van der Waals surface area contributed by atoms with Crippen molar-refractivity contribution < 1.29 is 22.0 Å². The molecule has 0 radical (unpaired) electrons. The van der Waals surface area contributed by atoms with Crippen molar-refractivity contribution in [2.24, 2.45) is 5.92 Å². The summed E-state index contributed by atoms with van der Waals surface area (Å²) in [5, 5.41) is 1.97. The summed E-state index contributed by atoms with van der Waals surface area (Å²) in [6.45, 7) is 3.22. The Hall–Kier alpha value is -1.54. The Morgan fingerprint density at radius 1 is 1.17 bits per heavy atom. The summed E-state index contributed by atoms with van der Waals surface area (Å²) in [4.78, 5) is 12.2. The van der Waals surface area contributed by atoms with Crippen LogP contribution in [0.1, 0.15) is 39.5 Å². The first kappa shape index (κ1) is 18.8. The second kappa shape index (κ2) is 7.57. The molecule has 1 saturated carbocycles. The normalized spacial score (nSPS) is 21.7. The van der Waals surface area contributed by atoms with Crippen LogP contribution >= 0.6 is 0 Å². The molecule has 0 unspecified atom stereocenters. The molecule has 2 N–H and O–H groups in total. The van der Waals surface area contributed by atoms with Crippen LogP contribution in [0.25, 0.3) is 0 Å². The molecule has 0 aliphatic heterocycles. The van der Waals surface area contributed by atoms with Crippen LogP contribution in [0.3, 0.4) is 0 Å². The molecule has 134 valence electrons. The highest BCUT2D eigenvalue weighted by Crippen LogP contribution is 2.27. The summed E-state index contributed by atoms with van der Waals surface area (Å²) >= 11 is 0. The molecule has 24 heavy (non-hydrogen) atoms. The van der Waals surface area contributed by atoms with E-state index in [4.69, 9.17) is 0 Å². The van der Waals surface area contributed by atoms with Gasteiger partial charge in [-0.2, -0.15) is 0 Å². The first-order valence-electron chi connectivity index (χ1n) is 7.96. The highest BCUT2D eigenvalue weighted by Gasteiger charge is 2.29. The van der Waals surface area contributed by atoms with Gasteiger partial charge in [0.15, 0.2) is 0 Å². The van der Waals surface area contributed by atoms with Crippen molar-refractivity contribution in [1.82, 2.24) is 4.72 Å². The van der Waals surface area contributed by atoms with Gasteiger partial charge in [-0.15, -0.1) is 0 Å². The first-order valence-corrected chi connectivity index (χ1v) is 9.50. The van der Waals surface area contributed by atoms with Gasteiger partial charge in [-0.3, -0.25) is 4.79 Å². The predicted molar refractivity (Wildman–Crippen MR) is 87.9 cm³/mol. The molecule has 0 bridgehead atoms. The van der Waals surface area contributed by atoms with E-state index in [2.05, 4.69) is 10.0 Å². The van der Waals surface area contributed by atoms with Crippen LogP contribution in [0.2, 0.25) is 0 Å². The zero-order valence-electron chi connectivity index (χ0n) is 13.7. The minimum Gasteiger partial charge on any atom is -0.323 e. The van der Waals surface area contributed by atoms with Crippen molar-refractivity contribution in [1.29, 1.82) is 0 Å². The quantitative estimate of drug-likeness (QED) is 0.848. The number of hydrogen-bond donors (Lipinski definition) is 2. The molecular weight excluding hydrogens is 338 g/mol. The molecule has 0 saturated heterocycles. The number of benzene rings is 1. The van der Waals surface area contributed by atoms with E-state index in [-0.39, 0.29) is 23.6 Å². The number of halogens is 2. The van der Waals surface area contributed by atoms with Crippen molar-refractivity contribution in [2.45, 2.75) is 50.8 Å². The maximum atomic E-state index is 13.6. The zero-order chi connectivity index (χ0) is 17.9. The number of sulfonamides is 1. The van der Waals surface area contributed by atoms with E-state index in [0.29, 0.717) is 31.7 Å². The highest BCUT2D eigenvalue weighted by atomic mass is 32.2. The Bertz CT molecular complexity index is 699. The molecule has 1 aliphatic carbocycles. The first-order chi connectivity index (χ1) is 11.2. The van der Waals surface area contributed by atoms with Gasteiger partial charge >= 0.3 is 0 Å². The lowest BCUT2D eigenvalue weighted by atomic mass is 9.86. The summed E-state index contributed by atoms with van der Waals surface area (Å²) in [7, 11) is -3.33. The Morgan fingerprint density at radius 3 is 2.33 bits per heavy atom. The molecular formula is C16H22F2N2O3S. The second-order valence-corrected chi connectivity index (χ2v) is 8.64. The van der Waals surface area contributed by atoms with Crippen LogP contribution in [0.15, 0.2) is 18.2 Å². The SMILES string of the molecule is CC(C)S(=O)(=O)N[C@H]1CC[C@H](C(=O)Nc2ccc(F)cc2F)CC1. The average molecular weight is 360 g/mol. The van der Waals surface area contributed by atoms with Crippen LogP contribution in [-0.4, -0.2) is 25.6 Å². The number of amides is 1. The number of anilines is 1. The van der Waals surface area contributed by atoms with Crippen LogP contribution in [0, 0.1) is 17.6 Å². The molecule has 8 heteroatoms. The van der Waals surface area contributed by atoms with Crippen molar-refractivity contribution in [3.8, 4) is 0 Å². The van der Waals surface area contributed by atoms with E-state index in [9.17, 15) is 22.0 Å². The molecule has 1 aromatic carbocycles. The van der Waals surface area contributed by atoms with Crippen molar-refractivity contribution in [3.63, 3.8) is 0 Å². The fourth-order valence-electron chi connectivity index (χ4n) is 2.67. The van der Waals surface area contributed by atoms with E-state index < -0.39 is 26.9 Å². The number of carbonyl (C=O) groups is 1. The Morgan fingerprint density at radius 2 is 1.79 bits per heavy atom. The van der Waals surface area contributed by atoms with E-state index in [1.807, 2.05) is 0 Å². The number of hydrogen-bond acceptors (Lipinski definition) is 3. The summed E-state index contributed by atoms with van der Waals surface area (Å²) in [5.74, 6) is -2.16. The van der Waals surface area contributed by atoms with Crippen molar-refractivity contribution in [3.05, 3.63) is 29.8 Å². The fraction of sp³-hybridized carbons (Fsp3) is 0.562. The molecule has 1 amide bonds. The van der Waals surface area contributed by atoms with E-state index >= 15 is 0 Å². The molecule has 2 rings (SSSR count). The maximum Gasteiger partial charge on any atom is 0.227 e. The third-order valence-electron chi connectivity index (χ3n) is 4.24. The van der Waals surface area contributed by atoms with Gasteiger partial charge in [0.05, 0.1) is 10.9 Å². The summed E-state index contributed by atoms with van der Waals surface area (Å²) in [6, 6.07) is 2.80. The van der Waals surface area contributed by atoms with Gasteiger partial charge in [-0.05, 0) is 51.7 Å². The van der Waals surface area contributed by atoms with Gasteiger partial charge in [0.25, 0.3) is 0 Å². The average Bonchev–Trinajstić information content (AvgIpc) is 2.50. The van der Waals surface area contributed by atoms with Gasteiger partial charge in [0.1, 0.15) is 11.6 Å². The molecule has 0 atom stereocenters. The lowest BCUT2D eigenvalue weighted by Gasteiger charge is -2.28. The molecule has 0 spiro atoms. The van der Waals surface area contributed by atoms with Gasteiger partial charge in [0, 0.05) is 18.0 Å². The van der Waals surface area contributed by atoms with Crippen LogP contribution in [0.4, 0.5) is 14.5 Å². The van der Waals surface area contributed by atoms with Gasteiger partial charge in [-0.25, -0.2) is 21.9 Å². The highest BCUT2D eigenvalue weighted by molar-refractivity contribution is 7.90. The predicted octanol–water partition coefficient (Wildman–Crippen LogP) is 2.79. The largest absolute Gasteiger partial charge is 0.323 e. The van der Waals surface area contributed by atoms with Gasteiger partial charge < -0.3 is 5.32 Å². The number of nitrogens with one attached hydrogen (secondary N) is 2. The van der Waals surface area contributed by atoms with E-state index in [1.165, 1.54) is 6.07 Å². The topological polar surface area (TPSA) is 75.3 Å². The Kier molecular flexibility index (Phi) is 5.92. The lowest BCUT2D eigenvalue weighted by Crippen LogP contribution is -2.42. The monoisotopic (exact) mass is 360 g/mol. The summed E-state index contributed by atoms with van der Waals surface area (Å²) in [6.07, 6.45) is 2.13. The minimum absolute atomic E-state index is 0.0518. The smallest absolute Gasteiger partial charge is 0.227 e. The molecule has 0 aromatic heterocycles. The van der Waals surface area contributed by atoms with Crippen LogP contribution in [-0.2, 0) is 14.8 Å². The summed E-state index contributed by atoms with van der Waals surface area (Å²) < 4.78 is 52.8. The lowest BCUT2D eigenvalue weighted by molar-refractivity contribution is -0.120. The Balaban J connectivity index is 1.89. The number of rotatable bonds is 5. The standard InChI is InChI=1S/C16H22F2N2O3S/c1-10(2)24(22,23)20-13-6-3-11(4-7-13)16(21)19-15-8-5-12(17)9-14(15)18/h5,8-11,13,20H,3-4,6-7H2,1-2H3,(H,19,21)/t11-,13-. The molecule has 0 heterocycles. The van der Waals surface area contributed by atoms with Crippen LogP contribution < -0.4 is 10.0 Å². The molecule has 1 fully saturated rings. The van der Waals surface area contributed by atoms with Gasteiger partial charge in [-0.1, -0.05) is 0 Å². The zero-order valence-corrected chi connectivity index (χ0v) is 14.5. The minimum atomic E-state index is -3.33. The van der Waals surface area contributed by atoms with E-state index in [1.54, 1.807) is 13.8 Å². The van der Waals surface area contributed by atoms with Crippen molar-refractivity contribution >= 4 is 21.6 Å². The van der Waals surface area contributed by atoms with Crippen LogP contribution in [0.5, 0.6) is 0 Å². The van der Waals surface area contributed by atoms with E-state index in [0.717, 1.165) is 6.07 Å². The van der Waals surface area contributed by atoms with Crippen molar-refractivity contribution in [2.75, 3.05) is 5.32 Å². The Labute approximate surface area is 140 Å². The molecule has 1 aliphatic rings. The summed E-state index contributed by atoms with van der Waals surface area (Å²) in [5.41, 5.74) is -0.0518. The number of carbonyl (C=O) groups excluding carboxylic acids is 1. The molecule has 5 nitrogen and oxygen atoms in total. The third-order valence-corrected chi connectivity index (χ3v) is 6.14.